The van der Waals surface area contributed by atoms with Gasteiger partial charge in [0.25, 0.3) is 0 Å². The van der Waals surface area contributed by atoms with Crippen molar-refractivity contribution >= 4 is 0 Å². The largest absolute Gasteiger partial charge is 0.311 e. The minimum atomic E-state index is 0.846. The first-order valence-electron chi connectivity index (χ1n) is 5.36. The molecule has 12 heavy (non-hydrogen) atoms. The summed E-state index contributed by atoms with van der Waals surface area (Å²) in [4.78, 5) is 0. The minimum absolute atomic E-state index is 0.846. The molecule has 0 radical (unpaired) electrons. The van der Waals surface area contributed by atoms with Gasteiger partial charge in [0.05, 0.1) is 0 Å². The van der Waals surface area contributed by atoms with E-state index in [0.29, 0.717) is 0 Å². The molecular formula is C11H17N. The highest BCUT2D eigenvalue weighted by atomic mass is 15.0. The molecule has 0 aromatic carbocycles. The smallest absolute Gasteiger partial charge is 0.0138 e. The van der Waals surface area contributed by atoms with E-state index in [0.717, 1.165) is 23.9 Å². The van der Waals surface area contributed by atoms with Crippen LogP contribution in [-0.4, -0.2) is 12.1 Å². The number of allylic oxidation sites excluding steroid dienone is 1. The van der Waals surface area contributed by atoms with E-state index >= 15 is 0 Å². The first-order valence-corrected chi connectivity index (χ1v) is 5.36. The number of hydrogen-bond donors (Lipinski definition) is 1. The highest BCUT2D eigenvalue weighted by Gasteiger charge is 2.41. The SMILES string of the molecule is C1=CC2C(C1)CC2NC1CCC1. The van der Waals surface area contributed by atoms with Crippen molar-refractivity contribution < 1.29 is 0 Å². The van der Waals surface area contributed by atoms with Gasteiger partial charge in [-0.25, -0.2) is 0 Å². The number of rotatable bonds is 2. The summed E-state index contributed by atoms with van der Waals surface area (Å²) in [5, 5.41) is 3.77. The van der Waals surface area contributed by atoms with Gasteiger partial charge >= 0.3 is 0 Å². The van der Waals surface area contributed by atoms with Crippen LogP contribution in [-0.2, 0) is 0 Å². The summed E-state index contributed by atoms with van der Waals surface area (Å²) >= 11 is 0. The van der Waals surface area contributed by atoms with Gasteiger partial charge in [-0.3, -0.25) is 0 Å². The zero-order chi connectivity index (χ0) is 7.97. The monoisotopic (exact) mass is 163 g/mol. The summed E-state index contributed by atoms with van der Waals surface area (Å²) in [5.41, 5.74) is 0. The quantitative estimate of drug-likeness (QED) is 0.615. The van der Waals surface area contributed by atoms with E-state index in [9.17, 15) is 0 Å². The molecule has 3 rings (SSSR count). The van der Waals surface area contributed by atoms with Crippen LogP contribution in [0, 0.1) is 11.8 Å². The fourth-order valence-electron chi connectivity index (χ4n) is 2.79. The molecule has 66 valence electrons. The van der Waals surface area contributed by atoms with Gasteiger partial charge in [0.1, 0.15) is 0 Å². The maximum atomic E-state index is 3.77. The van der Waals surface area contributed by atoms with E-state index in [1.807, 2.05) is 0 Å². The number of nitrogens with one attached hydrogen (secondary N) is 1. The second kappa shape index (κ2) is 2.59. The van der Waals surface area contributed by atoms with Crippen molar-refractivity contribution in [3.8, 4) is 0 Å². The third-order valence-electron chi connectivity index (χ3n) is 3.92. The van der Waals surface area contributed by atoms with E-state index in [-0.39, 0.29) is 0 Å². The predicted octanol–water partition coefficient (Wildman–Crippen LogP) is 2.09. The topological polar surface area (TPSA) is 12.0 Å². The van der Waals surface area contributed by atoms with Crippen LogP contribution in [0.4, 0.5) is 0 Å². The van der Waals surface area contributed by atoms with Crippen molar-refractivity contribution in [1.82, 2.24) is 5.32 Å². The Bertz CT molecular complexity index is 205. The highest BCUT2D eigenvalue weighted by molar-refractivity contribution is 5.13. The molecule has 2 saturated carbocycles. The van der Waals surface area contributed by atoms with Crippen molar-refractivity contribution in [3.05, 3.63) is 12.2 Å². The highest BCUT2D eigenvalue weighted by Crippen LogP contribution is 2.43. The Kier molecular flexibility index (Phi) is 1.54. The van der Waals surface area contributed by atoms with Gasteiger partial charge in [0.15, 0.2) is 0 Å². The third-order valence-corrected chi connectivity index (χ3v) is 3.92. The minimum Gasteiger partial charge on any atom is -0.311 e. The van der Waals surface area contributed by atoms with Gasteiger partial charge in [-0.1, -0.05) is 18.6 Å². The summed E-state index contributed by atoms with van der Waals surface area (Å²) in [5.74, 6) is 1.92. The maximum absolute atomic E-state index is 3.77. The Hall–Kier alpha value is -0.300. The Balaban J connectivity index is 1.54. The molecule has 0 heterocycles. The summed E-state index contributed by atoms with van der Waals surface area (Å²) in [6.07, 6.45) is 11.9. The van der Waals surface area contributed by atoms with E-state index in [4.69, 9.17) is 0 Å². The van der Waals surface area contributed by atoms with Gasteiger partial charge in [-0.05, 0) is 37.5 Å². The standard InChI is InChI=1S/C11H17N/c1-3-8-7-11(10(8)6-1)12-9-4-2-5-9/h1,6,8-12H,2-5,7H2. The van der Waals surface area contributed by atoms with Crippen LogP contribution in [0.15, 0.2) is 12.2 Å². The van der Waals surface area contributed by atoms with E-state index in [1.165, 1.54) is 32.1 Å². The third kappa shape index (κ3) is 0.957. The molecule has 0 amide bonds. The second-order valence-corrected chi connectivity index (χ2v) is 4.64. The van der Waals surface area contributed by atoms with Crippen molar-refractivity contribution in [3.63, 3.8) is 0 Å². The molecule has 3 aliphatic rings. The molecule has 3 aliphatic carbocycles. The van der Waals surface area contributed by atoms with Crippen LogP contribution in [0.1, 0.15) is 32.1 Å². The van der Waals surface area contributed by atoms with E-state index < -0.39 is 0 Å². The Morgan fingerprint density at radius 2 is 2.17 bits per heavy atom. The average molecular weight is 163 g/mol. The second-order valence-electron chi connectivity index (χ2n) is 4.64. The van der Waals surface area contributed by atoms with Gasteiger partial charge in [-0.2, -0.15) is 0 Å². The van der Waals surface area contributed by atoms with Crippen LogP contribution < -0.4 is 5.32 Å². The Morgan fingerprint density at radius 3 is 2.83 bits per heavy atom. The van der Waals surface area contributed by atoms with Crippen LogP contribution in [0.5, 0.6) is 0 Å². The molecule has 0 saturated heterocycles. The van der Waals surface area contributed by atoms with E-state index in [2.05, 4.69) is 17.5 Å². The number of fused-ring (bicyclic) bond motifs is 1. The summed E-state index contributed by atoms with van der Waals surface area (Å²) in [7, 11) is 0. The lowest BCUT2D eigenvalue weighted by atomic mass is 9.70. The van der Waals surface area contributed by atoms with Gasteiger partial charge < -0.3 is 5.32 Å². The first kappa shape index (κ1) is 7.14. The fourth-order valence-corrected chi connectivity index (χ4v) is 2.79. The summed E-state index contributed by atoms with van der Waals surface area (Å²) < 4.78 is 0. The van der Waals surface area contributed by atoms with Crippen LogP contribution in [0.3, 0.4) is 0 Å². The fraction of sp³-hybridized carbons (Fsp3) is 0.818. The summed E-state index contributed by atoms with van der Waals surface area (Å²) in [6.45, 7) is 0. The lowest BCUT2D eigenvalue weighted by Crippen LogP contribution is -2.53. The average Bonchev–Trinajstić information content (AvgIpc) is 2.29. The molecule has 3 unspecified atom stereocenters. The number of hydrogen-bond acceptors (Lipinski definition) is 1. The first-order chi connectivity index (χ1) is 5.93. The van der Waals surface area contributed by atoms with Crippen LogP contribution >= 0.6 is 0 Å². The van der Waals surface area contributed by atoms with Crippen molar-refractivity contribution in [2.24, 2.45) is 11.8 Å². The van der Waals surface area contributed by atoms with Gasteiger partial charge in [-0.15, -0.1) is 0 Å². The summed E-state index contributed by atoms with van der Waals surface area (Å²) in [6, 6.07) is 1.73. The van der Waals surface area contributed by atoms with Crippen molar-refractivity contribution in [1.29, 1.82) is 0 Å². The molecule has 1 heteroatoms. The molecule has 2 fully saturated rings. The molecule has 0 aromatic rings. The normalized spacial score (nSPS) is 45.2. The zero-order valence-electron chi connectivity index (χ0n) is 7.50. The molecule has 0 aromatic heterocycles. The maximum Gasteiger partial charge on any atom is 0.0138 e. The van der Waals surface area contributed by atoms with Crippen molar-refractivity contribution in [2.75, 3.05) is 0 Å². The molecule has 3 atom stereocenters. The zero-order valence-corrected chi connectivity index (χ0v) is 7.50. The van der Waals surface area contributed by atoms with Crippen molar-refractivity contribution in [2.45, 2.75) is 44.2 Å². The molecule has 0 aliphatic heterocycles. The van der Waals surface area contributed by atoms with Crippen LogP contribution in [0.25, 0.3) is 0 Å². The molecule has 0 bridgehead atoms. The lowest BCUT2D eigenvalue weighted by molar-refractivity contribution is 0.132. The van der Waals surface area contributed by atoms with Crippen LogP contribution in [0.2, 0.25) is 0 Å². The predicted molar refractivity (Wildman–Crippen MR) is 49.9 cm³/mol. The molecule has 0 spiro atoms. The molecular weight excluding hydrogens is 146 g/mol. The van der Waals surface area contributed by atoms with E-state index in [1.54, 1.807) is 0 Å². The Labute approximate surface area is 74.2 Å². The molecule has 1 N–H and O–H groups in total. The molecule has 1 nitrogen and oxygen atoms in total. The van der Waals surface area contributed by atoms with Gasteiger partial charge in [0.2, 0.25) is 0 Å². The van der Waals surface area contributed by atoms with Gasteiger partial charge in [0, 0.05) is 12.1 Å². The Morgan fingerprint density at radius 1 is 1.25 bits per heavy atom. The lowest BCUT2D eigenvalue weighted by Gasteiger charge is -2.44.